The Labute approximate surface area is 140 Å². The summed E-state index contributed by atoms with van der Waals surface area (Å²) in [5.74, 6) is 1.05. The highest BCUT2D eigenvalue weighted by Gasteiger charge is 2.59. The van der Waals surface area contributed by atoms with E-state index in [1.54, 1.807) is 7.05 Å². The molecule has 2 aliphatic carbocycles. The van der Waals surface area contributed by atoms with Crippen molar-refractivity contribution in [2.45, 2.75) is 43.6 Å². The molecule has 1 aromatic rings. The maximum absolute atomic E-state index is 13.5. The molecular weight excluding hydrogens is 306 g/mol. The quantitative estimate of drug-likeness (QED) is 0.853. The minimum Gasteiger partial charge on any atom is -0.388 e. The molecule has 2 aliphatic rings. The summed E-state index contributed by atoms with van der Waals surface area (Å²) in [6.07, 6.45) is 2.67. The van der Waals surface area contributed by atoms with Gasteiger partial charge in [-0.15, -0.1) is 0 Å². The summed E-state index contributed by atoms with van der Waals surface area (Å²) in [6, 6.07) is 9.35. The summed E-state index contributed by atoms with van der Waals surface area (Å²) in [7, 11) is -1.04. The van der Waals surface area contributed by atoms with Crippen LogP contribution in [0.2, 0.25) is 0 Å². The van der Waals surface area contributed by atoms with E-state index in [4.69, 9.17) is 0 Å². The van der Waals surface area contributed by atoms with Gasteiger partial charge in [0.2, 0.25) is 0 Å². The van der Waals surface area contributed by atoms with Gasteiger partial charge in [-0.2, -0.15) is 0 Å². The summed E-state index contributed by atoms with van der Waals surface area (Å²) < 4.78 is 17.7. The van der Waals surface area contributed by atoms with Gasteiger partial charge in [0.25, 0.3) is 0 Å². The molecule has 3 rings (SSSR count). The van der Waals surface area contributed by atoms with Crippen LogP contribution in [0.1, 0.15) is 33.1 Å². The summed E-state index contributed by atoms with van der Waals surface area (Å²) >= 11 is 0. The van der Waals surface area contributed by atoms with Crippen LogP contribution in [0.15, 0.2) is 51.7 Å². The molecule has 0 heterocycles. The average Bonchev–Trinajstić information content (AvgIpc) is 2.80. The third-order valence-electron chi connectivity index (χ3n) is 6.33. The van der Waals surface area contributed by atoms with E-state index in [-0.39, 0.29) is 11.2 Å². The minimum atomic E-state index is -2.64. The molecule has 5 atom stereocenters. The first-order valence-electron chi connectivity index (χ1n) is 8.35. The lowest BCUT2D eigenvalue weighted by Crippen LogP contribution is -2.54. The first-order chi connectivity index (χ1) is 10.8. The third-order valence-corrected chi connectivity index (χ3v) is 8.79. The lowest BCUT2D eigenvalue weighted by molar-refractivity contribution is -0.0641. The van der Waals surface area contributed by atoms with Crippen molar-refractivity contribution in [2.24, 2.45) is 21.6 Å². The maximum atomic E-state index is 13.5. The van der Waals surface area contributed by atoms with Gasteiger partial charge in [-0.1, -0.05) is 44.2 Å². The van der Waals surface area contributed by atoms with Crippen molar-refractivity contribution in [3.05, 3.63) is 42.5 Å². The first-order valence-corrected chi connectivity index (χ1v) is 10.0. The van der Waals surface area contributed by atoms with Gasteiger partial charge in [-0.25, -0.2) is 8.57 Å². The molecule has 23 heavy (non-hydrogen) atoms. The molecular formula is C19H27NO2S. The van der Waals surface area contributed by atoms with Gasteiger partial charge in [-0.3, -0.25) is 0 Å². The molecule has 0 spiro atoms. The molecule has 0 aromatic heterocycles. The molecule has 3 nitrogen and oxygen atoms in total. The fraction of sp³-hybridized carbons (Fsp3) is 0.579. The molecule has 0 radical (unpaired) electrons. The lowest BCUT2D eigenvalue weighted by atomic mass is 9.61. The zero-order valence-corrected chi connectivity index (χ0v) is 15.1. The fourth-order valence-electron chi connectivity index (χ4n) is 4.68. The van der Waals surface area contributed by atoms with Crippen molar-refractivity contribution in [2.75, 3.05) is 12.8 Å². The highest BCUT2D eigenvalue weighted by molar-refractivity contribution is 7.93. The predicted octanol–water partition coefficient (Wildman–Crippen LogP) is 3.89. The molecule has 1 N–H and O–H groups in total. The molecule has 4 heteroatoms. The Kier molecular flexibility index (Phi) is 3.96. The average molecular weight is 333 g/mol. The number of rotatable bonds is 3. The van der Waals surface area contributed by atoms with Crippen LogP contribution in [-0.2, 0) is 9.73 Å². The zero-order valence-electron chi connectivity index (χ0n) is 14.3. The number of hydrogen-bond acceptors (Lipinski definition) is 3. The summed E-state index contributed by atoms with van der Waals surface area (Å²) in [6.45, 7) is 8.58. The third kappa shape index (κ3) is 2.38. The van der Waals surface area contributed by atoms with Crippen LogP contribution in [0.5, 0.6) is 0 Å². The van der Waals surface area contributed by atoms with Crippen LogP contribution >= 0.6 is 0 Å². The van der Waals surface area contributed by atoms with E-state index in [2.05, 4.69) is 24.8 Å². The molecule has 2 fully saturated rings. The standard InChI is InChI=1S/C19H27NO2S/c1-14-12-19(21,18(3)11-10-17(14)15(18)2)13-23(22,20-4)16-8-6-5-7-9-16/h5-9,14,17,21H,2,10-13H2,1,3-4H3/t14-,17-,18-,19-,23-/m0/s1. The van der Waals surface area contributed by atoms with E-state index in [1.165, 1.54) is 0 Å². The van der Waals surface area contributed by atoms with E-state index in [0.29, 0.717) is 23.2 Å². The van der Waals surface area contributed by atoms with Crippen molar-refractivity contribution in [1.29, 1.82) is 0 Å². The van der Waals surface area contributed by atoms with Crippen molar-refractivity contribution in [1.82, 2.24) is 0 Å². The minimum absolute atomic E-state index is 0.188. The summed E-state index contributed by atoms with van der Waals surface area (Å²) in [5.41, 5.74) is -0.223. The number of aliphatic hydroxyl groups is 1. The van der Waals surface area contributed by atoms with Crippen LogP contribution in [0.3, 0.4) is 0 Å². The Morgan fingerprint density at radius 2 is 2.04 bits per heavy atom. The summed E-state index contributed by atoms with van der Waals surface area (Å²) in [5, 5.41) is 11.6. The van der Waals surface area contributed by atoms with Crippen molar-refractivity contribution >= 4 is 9.73 Å². The first kappa shape index (κ1) is 16.7. The molecule has 2 bridgehead atoms. The highest BCUT2D eigenvalue weighted by Crippen LogP contribution is 2.61. The molecule has 2 saturated carbocycles. The van der Waals surface area contributed by atoms with Gasteiger partial charge in [0.15, 0.2) is 0 Å². The summed E-state index contributed by atoms with van der Waals surface area (Å²) in [4.78, 5) is 0.706. The Morgan fingerprint density at radius 1 is 1.39 bits per heavy atom. The molecule has 0 saturated heterocycles. The monoisotopic (exact) mass is 333 g/mol. The predicted molar refractivity (Wildman–Crippen MR) is 94.8 cm³/mol. The van der Waals surface area contributed by atoms with Gasteiger partial charge in [0.1, 0.15) is 0 Å². The van der Waals surface area contributed by atoms with Crippen LogP contribution in [-0.4, -0.2) is 27.7 Å². The maximum Gasteiger partial charge on any atom is 0.0867 e. The smallest absolute Gasteiger partial charge is 0.0867 e. The van der Waals surface area contributed by atoms with Gasteiger partial charge in [-0.05, 0) is 43.2 Å². The Morgan fingerprint density at radius 3 is 2.65 bits per heavy atom. The van der Waals surface area contributed by atoms with Crippen LogP contribution < -0.4 is 0 Å². The van der Waals surface area contributed by atoms with Crippen LogP contribution in [0.4, 0.5) is 0 Å². The van der Waals surface area contributed by atoms with Crippen LogP contribution in [0, 0.1) is 17.3 Å². The second kappa shape index (κ2) is 5.45. The normalized spacial score (nSPS) is 39.0. The van der Waals surface area contributed by atoms with E-state index < -0.39 is 15.3 Å². The molecule has 0 aliphatic heterocycles. The highest BCUT2D eigenvalue weighted by atomic mass is 32.2. The van der Waals surface area contributed by atoms with Gasteiger partial charge in [0, 0.05) is 17.4 Å². The Hall–Kier alpha value is -1.13. The molecule has 126 valence electrons. The number of nitrogens with zero attached hydrogens (tertiary/aromatic N) is 1. The fourth-order valence-corrected chi connectivity index (χ4v) is 6.85. The number of benzene rings is 1. The molecule has 0 amide bonds. The van der Waals surface area contributed by atoms with E-state index >= 15 is 0 Å². The number of hydrogen-bond donors (Lipinski definition) is 1. The lowest BCUT2D eigenvalue weighted by Gasteiger charge is -2.50. The topological polar surface area (TPSA) is 49.7 Å². The second-order valence-electron chi connectivity index (χ2n) is 7.50. The van der Waals surface area contributed by atoms with E-state index in [0.717, 1.165) is 18.4 Å². The van der Waals surface area contributed by atoms with Crippen molar-refractivity contribution in [3.63, 3.8) is 0 Å². The van der Waals surface area contributed by atoms with E-state index in [9.17, 15) is 9.32 Å². The van der Waals surface area contributed by atoms with Crippen molar-refractivity contribution < 1.29 is 9.32 Å². The SMILES string of the molecule is C=C1[C@H]2CC[C@]1(C)[C@@](O)(C[S@@](=O)(=NC)c1ccccc1)C[C@@H]2C. The van der Waals surface area contributed by atoms with E-state index in [1.807, 2.05) is 30.3 Å². The molecule has 0 unspecified atom stereocenters. The van der Waals surface area contributed by atoms with Crippen molar-refractivity contribution in [3.8, 4) is 0 Å². The Balaban J connectivity index is 2.04. The molecule has 1 aromatic carbocycles. The number of fused-ring (bicyclic) bond motifs is 2. The van der Waals surface area contributed by atoms with Crippen LogP contribution in [0.25, 0.3) is 0 Å². The van der Waals surface area contributed by atoms with Gasteiger partial charge < -0.3 is 5.11 Å². The largest absolute Gasteiger partial charge is 0.388 e. The van der Waals surface area contributed by atoms with Gasteiger partial charge >= 0.3 is 0 Å². The van der Waals surface area contributed by atoms with Gasteiger partial charge in [0.05, 0.1) is 21.1 Å². The zero-order chi connectivity index (χ0) is 16.9. The Bertz CT molecular complexity index is 735. The second-order valence-corrected chi connectivity index (χ2v) is 9.90.